The van der Waals surface area contributed by atoms with Crippen molar-refractivity contribution >= 4 is 27.7 Å². The number of rotatable bonds is 7. The highest BCUT2D eigenvalue weighted by molar-refractivity contribution is 9.10. The van der Waals surface area contributed by atoms with Crippen molar-refractivity contribution in [2.45, 2.75) is 25.8 Å². The molecule has 0 bridgehead atoms. The number of hydrogen-bond donors (Lipinski definition) is 1. The third kappa shape index (κ3) is 5.80. The predicted octanol–water partition coefficient (Wildman–Crippen LogP) is 3.47. The molecule has 0 saturated heterocycles. The normalized spacial score (nSPS) is 12.5. The fraction of sp³-hybridized carbons (Fsp3) is 0.538. The Labute approximate surface area is 116 Å². The van der Waals surface area contributed by atoms with Crippen LogP contribution in [0.4, 0.5) is 0 Å². The maximum absolute atomic E-state index is 5.85. The molecule has 2 N–H and O–H groups in total. The molecular weight excluding hydrogens is 298 g/mol. The molecule has 96 valence electrons. The summed E-state index contributed by atoms with van der Waals surface area (Å²) < 4.78 is 6.88. The van der Waals surface area contributed by atoms with Crippen molar-refractivity contribution in [2.24, 2.45) is 5.73 Å². The van der Waals surface area contributed by atoms with Crippen LogP contribution in [0.1, 0.15) is 18.9 Å². The van der Waals surface area contributed by atoms with Crippen molar-refractivity contribution in [3.63, 3.8) is 0 Å². The number of benzene rings is 1. The second-order valence-electron chi connectivity index (χ2n) is 4.13. The van der Waals surface area contributed by atoms with E-state index in [0.717, 1.165) is 35.4 Å². The summed E-state index contributed by atoms with van der Waals surface area (Å²) in [5.74, 6) is 2.10. The summed E-state index contributed by atoms with van der Waals surface area (Å²) >= 11 is 5.33. The zero-order valence-electron chi connectivity index (χ0n) is 10.4. The monoisotopic (exact) mass is 317 g/mol. The van der Waals surface area contributed by atoms with Gasteiger partial charge in [-0.1, -0.05) is 15.9 Å². The Hall–Kier alpha value is -0.190. The minimum atomic E-state index is 0.151. The lowest BCUT2D eigenvalue weighted by Crippen LogP contribution is -2.18. The smallest absolute Gasteiger partial charge is 0.122 e. The quantitative estimate of drug-likeness (QED) is 0.782. The second-order valence-corrected chi connectivity index (χ2v) is 6.03. The molecule has 1 unspecified atom stereocenters. The summed E-state index contributed by atoms with van der Waals surface area (Å²) in [5.41, 5.74) is 7.02. The SMILES string of the molecule is CSCCCOc1ccc(Br)cc1CC(C)N. The van der Waals surface area contributed by atoms with Crippen LogP contribution in [-0.4, -0.2) is 24.7 Å². The van der Waals surface area contributed by atoms with Gasteiger partial charge in [0.2, 0.25) is 0 Å². The second kappa shape index (κ2) is 8.01. The Bertz CT molecular complexity index is 344. The summed E-state index contributed by atoms with van der Waals surface area (Å²) in [4.78, 5) is 0. The average molecular weight is 318 g/mol. The van der Waals surface area contributed by atoms with E-state index in [4.69, 9.17) is 10.5 Å². The molecule has 0 radical (unpaired) electrons. The summed E-state index contributed by atoms with van der Waals surface area (Å²) in [7, 11) is 0. The van der Waals surface area contributed by atoms with E-state index in [1.54, 1.807) is 0 Å². The molecule has 1 aromatic carbocycles. The average Bonchev–Trinajstić information content (AvgIpc) is 2.26. The highest BCUT2D eigenvalue weighted by Gasteiger charge is 2.07. The van der Waals surface area contributed by atoms with E-state index in [2.05, 4.69) is 28.3 Å². The van der Waals surface area contributed by atoms with Crippen LogP contribution in [0, 0.1) is 0 Å². The zero-order chi connectivity index (χ0) is 12.7. The number of ether oxygens (including phenoxy) is 1. The molecule has 2 nitrogen and oxygen atoms in total. The van der Waals surface area contributed by atoms with Crippen molar-refractivity contribution in [2.75, 3.05) is 18.6 Å². The Morgan fingerprint density at radius 1 is 1.47 bits per heavy atom. The fourth-order valence-corrected chi connectivity index (χ4v) is 2.40. The number of nitrogens with two attached hydrogens (primary N) is 1. The summed E-state index contributed by atoms with van der Waals surface area (Å²) in [6.07, 6.45) is 4.04. The zero-order valence-corrected chi connectivity index (χ0v) is 12.8. The van der Waals surface area contributed by atoms with Gasteiger partial charge in [-0.15, -0.1) is 0 Å². The lowest BCUT2D eigenvalue weighted by molar-refractivity contribution is 0.315. The molecule has 1 atom stereocenters. The van der Waals surface area contributed by atoms with Crippen LogP contribution < -0.4 is 10.5 Å². The van der Waals surface area contributed by atoms with E-state index in [0.29, 0.717) is 0 Å². The van der Waals surface area contributed by atoms with Crippen LogP contribution >= 0.6 is 27.7 Å². The summed E-state index contributed by atoms with van der Waals surface area (Å²) in [6.45, 7) is 2.78. The Balaban J connectivity index is 2.62. The number of halogens is 1. The van der Waals surface area contributed by atoms with Gasteiger partial charge < -0.3 is 10.5 Å². The van der Waals surface area contributed by atoms with Gasteiger partial charge >= 0.3 is 0 Å². The van der Waals surface area contributed by atoms with Gasteiger partial charge in [0.05, 0.1) is 6.61 Å². The van der Waals surface area contributed by atoms with Crippen molar-refractivity contribution in [1.29, 1.82) is 0 Å². The van der Waals surface area contributed by atoms with E-state index >= 15 is 0 Å². The lowest BCUT2D eigenvalue weighted by atomic mass is 10.1. The lowest BCUT2D eigenvalue weighted by Gasteiger charge is -2.13. The van der Waals surface area contributed by atoms with Crippen LogP contribution in [0.25, 0.3) is 0 Å². The highest BCUT2D eigenvalue weighted by atomic mass is 79.9. The van der Waals surface area contributed by atoms with Crippen LogP contribution in [0.2, 0.25) is 0 Å². The molecule has 1 aromatic rings. The van der Waals surface area contributed by atoms with Crippen molar-refractivity contribution < 1.29 is 4.74 Å². The maximum atomic E-state index is 5.85. The van der Waals surface area contributed by atoms with E-state index in [9.17, 15) is 0 Å². The van der Waals surface area contributed by atoms with Gasteiger partial charge in [0, 0.05) is 10.5 Å². The molecule has 17 heavy (non-hydrogen) atoms. The molecule has 1 rings (SSSR count). The van der Waals surface area contributed by atoms with Crippen molar-refractivity contribution in [3.05, 3.63) is 28.2 Å². The molecule has 0 aromatic heterocycles. The molecule has 0 aliphatic carbocycles. The van der Waals surface area contributed by atoms with Crippen LogP contribution in [0.5, 0.6) is 5.75 Å². The standard InChI is InChI=1S/C13H20BrNOS/c1-10(15)8-11-9-12(14)4-5-13(11)16-6-3-7-17-2/h4-5,9-10H,3,6-8,15H2,1-2H3. The molecule has 0 aliphatic rings. The first-order valence-corrected chi connectivity index (χ1v) is 7.98. The van der Waals surface area contributed by atoms with E-state index < -0.39 is 0 Å². The van der Waals surface area contributed by atoms with Crippen LogP contribution in [0.15, 0.2) is 22.7 Å². The van der Waals surface area contributed by atoms with Crippen molar-refractivity contribution in [1.82, 2.24) is 0 Å². The molecule has 0 fully saturated rings. The molecule has 0 heterocycles. The van der Waals surface area contributed by atoms with Crippen LogP contribution in [0.3, 0.4) is 0 Å². The molecule has 0 amide bonds. The predicted molar refractivity (Wildman–Crippen MR) is 80.0 cm³/mol. The molecule has 0 spiro atoms. The minimum absolute atomic E-state index is 0.151. The van der Waals surface area contributed by atoms with Crippen LogP contribution in [-0.2, 0) is 6.42 Å². The molecule has 0 aliphatic heterocycles. The van der Waals surface area contributed by atoms with Gasteiger partial charge in [0.25, 0.3) is 0 Å². The molecular formula is C13H20BrNOS. The third-order valence-electron chi connectivity index (χ3n) is 2.31. The molecule has 0 saturated carbocycles. The highest BCUT2D eigenvalue weighted by Crippen LogP contribution is 2.24. The van der Waals surface area contributed by atoms with Gasteiger partial charge in [-0.3, -0.25) is 0 Å². The third-order valence-corrected chi connectivity index (χ3v) is 3.50. The van der Waals surface area contributed by atoms with Gasteiger partial charge in [-0.2, -0.15) is 11.8 Å². The first-order chi connectivity index (χ1) is 8.13. The van der Waals surface area contributed by atoms with Gasteiger partial charge in [-0.05, 0) is 55.5 Å². The van der Waals surface area contributed by atoms with E-state index in [-0.39, 0.29) is 6.04 Å². The first kappa shape index (κ1) is 14.9. The summed E-state index contributed by atoms with van der Waals surface area (Å²) in [6, 6.07) is 6.26. The number of hydrogen-bond acceptors (Lipinski definition) is 3. The van der Waals surface area contributed by atoms with Gasteiger partial charge in [-0.25, -0.2) is 0 Å². The van der Waals surface area contributed by atoms with E-state index in [1.165, 1.54) is 5.56 Å². The molecule has 4 heteroatoms. The Kier molecular flexibility index (Phi) is 7.00. The first-order valence-electron chi connectivity index (χ1n) is 5.79. The minimum Gasteiger partial charge on any atom is -0.493 e. The van der Waals surface area contributed by atoms with Gasteiger partial charge in [0.15, 0.2) is 0 Å². The fourth-order valence-electron chi connectivity index (χ4n) is 1.58. The number of thioether (sulfide) groups is 1. The topological polar surface area (TPSA) is 35.2 Å². The Morgan fingerprint density at radius 3 is 2.88 bits per heavy atom. The van der Waals surface area contributed by atoms with Crippen molar-refractivity contribution in [3.8, 4) is 5.75 Å². The summed E-state index contributed by atoms with van der Waals surface area (Å²) in [5, 5.41) is 0. The largest absolute Gasteiger partial charge is 0.493 e. The van der Waals surface area contributed by atoms with E-state index in [1.807, 2.05) is 30.8 Å². The maximum Gasteiger partial charge on any atom is 0.122 e. The van der Waals surface area contributed by atoms with Gasteiger partial charge in [0.1, 0.15) is 5.75 Å². The Morgan fingerprint density at radius 2 is 2.24 bits per heavy atom.